The van der Waals surface area contributed by atoms with E-state index in [0.29, 0.717) is 11.3 Å². The predicted molar refractivity (Wildman–Crippen MR) is 90.6 cm³/mol. The van der Waals surface area contributed by atoms with E-state index in [1.807, 2.05) is 48.7 Å². The molecular formula is C18H16O3S. The average molecular weight is 312 g/mol. The molecule has 0 N–H and O–H groups in total. The monoisotopic (exact) mass is 312 g/mol. The van der Waals surface area contributed by atoms with E-state index >= 15 is 0 Å². The smallest absolute Gasteiger partial charge is 0.195 e. The van der Waals surface area contributed by atoms with Gasteiger partial charge in [-0.05, 0) is 42.2 Å². The van der Waals surface area contributed by atoms with Crippen molar-refractivity contribution in [3.05, 3.63) is 59.2 Å². The quantitative estimate of drug-likeness (QED) is 0.850. The van der Waals surface area contributed by atoms with Crippen molar-refractivity contribution in [2.75, 3.05) is 20.5 Å². The summed E-state index contributed by atoms with van der Waals surface area (Å²) >= 11 is 1.59. The summed E-state index contributed by atoms with van der Waals surface area (Å²) in [5.74, 6) is 1.52. The Bertz CT molecular complexity index is 760. The van der Waals surface area contributed by atoms with Gasteiger partial charge in [-0.2, -0.15) is 0 Å². The summed E-state index contributed by atoms with van der Waals surface area (Å²) in [6.07, 6.45) is 1.99. The minimum Gasteiger partial charge on any atom is -0.497 e. The molecule has 2 aromatic rings. The van der Waals surface area contributed by atoms with Crippen molar-refractivity contribution in [1.82, 2.24) is 0 Å². The highest BCUT2D eigenvalue weighted by atomic mass is 32.2. The minimum atomic E-state index is 0.0448. The second kappa shape index (κ2) is 5.89. The minimum absolute atomic E-state index is 0.0448. The maximum Gasteiger partial charge on any atom is 0.195 e. The molecular weight excluding hydrogens is 296 g/mol. The SMILES string of the molecule is COc1ccc(C2=C(SC)c3ccc(OC)cc3C2=O)cc1. The molecule has 3 rings (SSSR count). The molecule has 0 atom stereocenters. The number of ether oxygens (including phenoxy) is 2. The normalized spacial score (nSPS) is 13.3. The van der Waals surface area contributed by atoms with Gasteiger partial charge in [0.15, 0.2) is 5.78 Å². The van der Waals surface area contributed by atoms with E-state index in [4.69, 9.17) is 9.47 Å². The Kier molecular flexibility index (Phi) is 3.94. The highest BCUT2D eigenvalue weighted by Gasteiger charge is 2.30. The van der Waals surface area contributed by atoms with Crippen LogP contribution in [0.25, 0.3) is 10.5 Å². The average Bonchev–Trinajstić information content (AvgIpc) is 2.86. The molecule has 0 spiro atoms. The number of rotatable bonds is 4. The van der Waals surface area contributed by atoms with E-state index in [1.54, 1.807) is 26.0 Å². The molecule has 22 heavy (non-hydrogen) atoms. The molecule has 0 radical (unpaired) electrons. The number of benzene rings is 2. The summed E-state index contributed by atoms with van der Waals surface area (Å²) in [7, 11) is 3.24. The Labute approximate surface area is 133 Å². The van der Waals surface area contributed by atoms with Gasteiger partial charge >= 0.3 is 0 Å². The molecule has 0 heterocycles. The molecule has 0 bridgehead atoms. The molecule has 0 saturated carbocycles. The lowest BCUT2D eigenvalue weighted by Gasteiger charge is -2.06. The number of thioether (sulfide) groups is 1. The van der Waals surface area contributed by atoms with Crippen LogP contribution in [0, 0.1) is 0 Å². The number of carbonyl (C=O) groups excluding carboxylic acids is 1. The van der Waals surface area contributed by atoms with E-state index in [1.165, 1.54) is 0 Å². The maximum absolute atomic E-state index is 12.8. The van der Waals surface area contributed by atoms with Crippen LogP contribution in [-0.4, -0.2) is 26.3 Å². The molecule has 1 aliphatic carbocycles. The Hall–Kier alpha value is -2.20. The van der Waals surface area contributed by atoms with E-state index in [0.717, 1.165) is 27.4 Å². The number of allylic oxidation sites excluding steroid dienone is 1. The van der Waals surface area contributed by atoms with Crippen LogP contribution < -0.4 is 9.47 Å². The number of ketones is 1. The second-order valence-corrected chi connectivity index (χ2v) is 5.69. The van der Waals surface area contributed by atoms with E-state index in [9.17, 15) is 4.79 Å². The van der Waals surface area contributed by atoms with Gasteiger partial charge in [-0.3, -0.25) is 4.79 Å². The Morgan fingerprint density at radius 3 is 2.09 bits per heavy atom. The van der Waals surface area contributed by atoms with Gasteiger partial charge in [0.2, 0.25) is 0 Å². The standard InChI is InChI=1S/C18H16O3S/c1-20-12-6-4-11(5-7-12)16-17(19)15-10-13(21-2)8-9-14(15)18(16)22-3/h4-10H,1-3H3. The van der Waals surface area contributed by atoms with Gasteiger partial charge in [0.05, 0.1) is 14.2 Å². The highest BCUT2D eigenvalue weighted by Crippen LogP contribution is 2.44. The lowest BCUT2D eigenvalue weighted by molar-refractivity contribution is 0.105. The van der Waals surface area contributed by atoms with Crippen LogP contribution in [0.5, 0.6) is 11.5 Å². The largest absolute Gasteiger partial charge is 0.497 e. The molecule has 0 fully saturated rings. The van der Waals surface area contributed by atoms with Gasteiger partial charge in [-0.1, -0.05) is 12.1 Å². The Morgan fingerprint density at radius 1 is 0.864 bits per heavy atom. The zero-order valence-electron chi connectivity index (χ0n) is 12.7. The first kappa shape index (κ1) is 14.7. The van der Waals surface area contributed by atoms with Crippen molar-refractivity contribution in [1.29, 1.82) is 0 Å². The predicted octanol–water partition coefficient (Wildman–Crippen LogP) is 4.13. The van der Waals surface area contributed by atoms with Gasteiger partial charge in [0.25, 0.3) is 0 Å². The van der Waals surface area contributed by atoms with Crippen LogP contribution in [0.15, 0.2) is 42.5 Å². The Morgan fingerprint density at radius 2 is 1.50 bits per heavy atom. The van der Waals surface area contributed by atoms with Crippen LogP contribution in [0.2, 0.25) is 0 Å². The highest BCUT2D eigenvalue weighted by molar-refractivity contribution is 8.08. The van der Waals surface area contributed by atoms with Crippen molar-refractivity contribution in [2.45, 2.75) is 0 Å². The third-order valence-electron chi connectivity index (χ3n) is 3.75. The fourth-order valence-electron chi connectivity index (χ4n) is 2.64. The number of hydrogen-bond acceptors (Lipinski definition) is 4. The lowest BCUT2D eigenvalue weighted by Crippen LogP contribution is -1.99. The fourth-order valence-corrected chi connectivity index (χ4v) is 3.45. The van der Waals surface area contributed by atoms with Gasteiger partial charge in [-0.25, -0.2) is 0 Å². The molecule has 112 valence electrons. The van der Waals surface area contributed by atoms with Gasteiger partial charge < -0.3 is 9.47 Å². The van der Waals surface area contributed by atoms with Crippen molar-refractivity contribution < 1.29 is 14.3 Å². The summed E-state index contributed by atoms with van der Waals surface area (Å²) in [4.78, 5) is 13.8. The summed E-state index contributed by atoms with van der Waals surface area (Å²) in [5.41, 5.74) is 3.34. The number of carbonyl (C=O) groups is 1. The molecule has 2 aromatic carbocycles. The molecule has 3 nitrogen and oxygen atoms in total. The molecule has 4 heteroatoms. The van der Waals surface area contributed by atoms with Crippen LogP contribution in [0.1, 0.15) is 21.5 Å². The number of methoxy groups -OCH3 is 2. The van der Waals surface area contributed by atoms with Crippen molar-refractivity contribution in [3.8, 4) is 11.5 Å². The lowest BCUT2D eigenvalue weighted by atomic mass is 10.0. The van der Waals surface area contributed by atoms with Crippen LogP contribution in [-0.2, 0) is 0 Å². The zero-order valence-corrected chi connectivity index (χ0v) is 13.5. The van der Waals surface area contributed by atoms with Crippen LogP contribution >= 0.6 is 11.8 Å². The first-order valence-electron chi connectivity index (χ1n) is 6.85. The zero-order chi connectivity index (χ0) is 15.7. The molecule has 0 unspecified atom stereocenters. The number of Topliss-reactive ketones (excluding diaryl/α,β-unsaturated/α-hetero) is 1. The maximum atomic E-state index is 12.8. The summed E-state index contributed by atoms with van der Waals surface area (Å²) < 4.78 is 10.4. The van der Waals surface area contributed by atoms with Crippen LogP contribution in [0.3, 0.4) is 0 Å². The number of fused-ring (bicyclic) bond motifs is 1. The van der Waals surface area contributed by atoms with Crippen LogP contribution in [0.4, 0.5) is 0 Å². The summed E-state index contributed by atoms with van der Waals surface area (Å²) in [5, 5.41) is 0. The number of hydrogen-bond donors (Lipinski definition) is 0. The summed E-state index contributed by atoms with van der Waals surface area (Å²) in [6.45, 7) is 0. The van der Waals surface area contributed by atoms with Gasteiger partial charge in [0.1, 0.15) is 11.5 Å². The molecule has 0 amide bonds. The third-order valence-corrected chi connectivity index (χ3v) is 4.59. The third kappa shape index (κ3) is 2.29. The Balaban J connectivity index is 2.12. The van der Waals surface area contributed by atoms with Crippen molar-refractivity contribution >= 4 is 28.0 Å². The second-order valence-electron chi connectivity index (χ2n) is 4.88. The topological polar surface area (TPSA) is 35.5 Å². The van der Waals surface area contributed by atoms with E-state index in [2.05, 4.69) is 0 Å². The summed E-state index contributed by atoms with van der Waals surface area (Å²) in [6, 6.07) is 13.2. The molecule has 1 aliphatic rings. The molecule has 0 saturated heterocycles. The van der Waals surface area contributed by atoms with E-state index < -0.39 is 0 Å². The van der Waals surface area contributed by atoms with Crippen molar-refractivity contribution in [3.63, 3.8) is 0 Å². The molecule has 0 aliphatic heterocycles. The first-order valence-corrected chi connectivity index (χ1v) is 8.08. The van der Waals surface area contributed by atoms with E-state index in [-0.39, 0.29) is 5.78 Å². The fraction of sp³-hybridized carbons (Fsp3) is 0.167. The molecule has 0 aromatic heterocycles. The van der Waals surface area contributed by atoms with Crippen molar-refractivity contribution in [2.24, 2.45) is 0 Å². The van der Waals surface area contributed by atoms with Gasteiger partial charge in [-0.15, -0.1) is 11.8 Å². The first-order chi connectivity index (χ1) is 10.7. The van der Waals surface area contributed by atoms with Gasteiger partial charge in [0, 0.05) is 21.6 Å².